The van der Waals surface area contributed by atoms with Crippen molar-refractivity contribution in [3.05, 3.63) is 39.9 Å². The van der Waals surface area contributed by atoms with E-state index >= 15 is 0 Å². The molecule has 4 nitrogen and oxygen atoms in total. The Hall–Kier alpha value is -1.71. The van der Waals surface area contributed by atoms with Crippen LogP contribution in [0.15, 0.2) is 24.3 Å². The zero-order valence-electron chi connectivity index (χ0n) is 8.77. The molecule has 0 heterocycles. The molecule has 1 rings (SSSR count). The minimum absolute atomic E-state index is 0.0763. The lowest BCUT2D eigenvalue weighted by molar-refractivity contribution is -0.385. The van der Waals surface area contributed by atoms with Crippen LogP contribution in [-0.2, 0) is 11.2 Å². The number of hydrogen-bond acceptors (Lipinski definition) is 3. The number of nitro benzene ring substituents is 1. The van der Waals surface area contributed by atoms with Crippen molar-refractivity contribution >= 4 is 12.0 Å². The van der Waals surface area contributed by atoms with Crippen molar-refractivity contribution in [1.82, 2.24) is 0 Å². The van der Waals surface area contributed by atoms with Gasteiger partial charge in [-0.2, -0.15) is 0 Å². The summed E-state index contributed by atoms with van der Waals surface area (Å²) in [5.74, 6) is 0. The molecule has 0 saturated carbocycles. The molecule has 4 heteroatoms. The quantitative estimate of drug-likeness (QED) is 0.432. The van der Waals surface area contributed by atoms with E-state index in [2.05, 4.69) is 0 Å². The summed E-state index contributed by atoms with van der Waals surface area (Å²) >= 11 is 0. The van der Waals surface area contributed by atoms with Crippen LogP contribution < -0.4 is 0 Å². The summed E-state index contributed by atoms with van der Waals surface area (Å²) in [4.78, 5) is 21.0. The Balaban J connectivity index is 3.04. The zero-order chi connectivity index (χ0) is 11.5. The van der Waals surface area contributed by atoms with Gasteiger partial charge in [0.1, 0.15) is 6.29 Å². The summed E-state index contributed by atoms with van der Waals surface area (Å²) in [6.07, 6.45) is 1.21. The molecule has 0 aliphatic rings. The maximum Gasteiger partial charge on any atom is 0.272 e. The van der Waals surface area contributed by atoms with Crippen LogP contribution in [0, 0.1) is 15.5 Å². The molecule has 0 unspecified atom stereocenters. The molecule has 0 N–H and O–H groups in total. The van der Waals surface area contributed by atoms with Crippen molar-refractivity contribution in [1.29, 1.82) is 0 Å². The lowest BCUT2D eigenvalue weighted by Crippen LogP contribution is -2.17. The zero-order valence-corrected chi connectivity index (χ0v) is 8.77. The van der Waals surface area contributed by atoms with Gasteiger partial charge in [-0.3, -0.25) is 10.1 Å². The fourth-order valence-electron chi connectivity index (χ4n) is 1.37. The number of nitrogens with zero attached hydrogens (tertiary/aromatic N) is 1. The lowest BCUT2D eigenvalue weighted by Gasteiger charge is -2.16. The van der Waals surface area contributed by atoms with Crippen LogP contribution in [0.1, 0.15) is 19.4 Å². The highest BCUT2D eigenvalue weighted by molar-refractivity contribution is 5.59. The normalized spacial score (nSPS) is 11.1. The van der Waals surface area contributed by atoms with E-state index in [-0.39, 0.29) is 5.69 Å². The molecule has 0 aromatic heterocycles. The summed E-state index contributed by atoms with van der Waals surface area (Å²) < 4.78 is 0. The summed E-state index contributed by atoms with van der Waals surface area (Å²) in [5, 5.41) is 10.7. The predicted octanol–water partition coefficient (Wildman–Crippen LogP) is 2.36. The van der Waals surface area contributed by atoms with Crippen molar-refractivity contribution in [2.24, 2.45) is 5.41 Å². The first-order valence-electron chi connectivity index (χ1n) is 4.65. The Labute approximate surface area is 88.1 Å². The van der Waals surface area contributed by atoms with E-state index in [4.69, 9.17) is 0 Å². The van der Waals surface area contributed by atoms with Gasteiger partial charge in [0.2, 0.25) is 0 Å². The van der Waals surface area contributed by atoms with Crippen LogP contribution >= 0.6 is 0 Å². The molecular formula is C11H13NO3. The van der Waals surface area contributed by atoms with Gasteiger partial charge in [0, 0.05) is 17.0 Å². The molecule has 1 aromatic rings. The molecule has 0 radical (unpaired) electrons. The van der Waals surface area contributed by atoms with Crippen molar-refractivity contribution in [3.8, 4) is 0 Å². The van der Waals surface area contributed by atoms with E-state index in [1.165, 1.54) is 6.07 Å². The largest absolute Gasteiger partial charge is 0.303 e. The van der Waals surface area contributed by atoms with Crippen LogP contribution in [0.4, 0.5) is 5.69 Å². The minimum atomic E-state index is -0.563. The minimum Gasteiger partial charge on any atom is -0.303 e. The third-order valence-corrected chi connectivity index (χ3v) is 2.15. The maximum absolute atomic E-state index is 10.7. The standard InChI is InChI=1S/C11H13NO3/c1-11(2,8-13)7-9-5-3-4-6-10(9)12(14)15/h3-6,8H,7H2,1-2H3. The van der Waals surface area contributed by atoms with Crippen LogP contribution in [0.3, 0.4) is 0 Å². The van der Waals surface area contributed by atoms with Gasteiger partial charge in [0.05, 0.1) is 4.92 Å². The average molecular weight is 207 g/mol. The Morgan fingerprint density at radius 2 is 2.00 bits per heavy atom. The Morgan fingerprint density at radius 1 is 1.40 bits per heavy atom. The van der Waals surface area contributed by atoms with Gasteiger partial charge >= 0.3 is 0 Å². The van der Waals surface area contributed by atoms with E-state index in [0.29, 0.717) is 12.0 Å². The van der Waals surface area contributed by atoms with E-state index in [1.54, 1.807) is 32.0 Å². The third-order valence-electron chi connectivity index (χ3n) is 2.15. The highest BCUT2D eigenvalue weighted by Gasteiger charge is 2.22. The summed E-state index contributed by atoms with van der Waals surface area (Å²) in [5.41, 5.74) is 0.110. The topological polar surface area (TPSA) is 60.2 Å². The molecule has 1 aromatic carbocycles. The van der Waals surface area contributed by atoms with Crippen molar-refractivity contribution < 1.29 is 9.72 Å². The van der Waals surface area contributed by atoms with Crippen molar-refractivity contribution in [2.75, 3.05) is 0 Å². The second-order valence-electron chi connectivity index (χ2n) is 4.17. The van der Waals surface area contributed by atoms with Crippen LogP contribution in [0.25, 0.3) is 0 Å². The van der Waals surface area contributed by atoms with Gasteiger partial charge in [-0.1, -0.05) is 32.0 Å². The van der Waals surface area contributed by atoms with Crippen LogP contribution in [-0.4, -0.2) is 11.2 Å². The molecule has 0 fully saturated rings. The number of carbonyl (C=O) groups is 1. The van der Waals surface area contributed by atoms with Crippen LogP contribution in [0.5, 0.6) is 0 Å². The number of nitro groups is 1. The number of para-hydroxylation sites is 1. The average Bonchev–Trinajstić information content (AvgIpc) is 2.18. The van der Waals surface area contributed by atoms with E-state index in [1.807, 2.05) is 0 Å². The first kappa shape index (κ1) is 11.4. The predicted molar refractivity (Wildman–Crippen MR) is 56.6 cm³/mol. The van der Waals surface area contributed by atoms with E-state index in [0.717, 1.165) is 6.29 Å². The van der Waals surface area contributed by atoms with E-state index in [9.17, 15) is 14.9 Å². The Kier molecular flexibility index (Phi) is 3.19. The number of benzene rings is 1. The molecular weight excluding hydrogens is 194 g/mol. The second-order valence-corrected chi connectivity index (χ2v) is 4.17. The number of aldehydes is 1. The Morgan fingerprint density at radius 3 is 2.53 bits per heavy atom. The Bertz CT molecular complexity index is 385. The molecule has 0 aliphatic heterocycles. The van der Waals surface area contributed by atoms with Gasteiger partial charge in [0.25, 0.3) is 5.69 Å². The SMILES string of the molecule is CC(C)(C=O)Cc1ccccc1[N+](=O)[O-]. The number of hydrogen-bond donors (Lipinski definition) is 0. The fourth-order valence-corrected chi connectivity index (χ4v) is 1.37. The molecule has 80 valence electrons. The second kappa shape index (κ2) is 4.21. The first-order valence-corrected chi connectivity index (χ1v) is 4.65. The monoisotopic (exact) mass is 207 g/mol. The third kappa shape index (κ3) is 2.87. The molecule has 0 bridgehead atoms. The molecule has 15 heavy (non-hydrogen) atoms. The molecule has 0 saturated heterocycles. The van der Waals surface area contributed by atoms with E-state index < -0.39 is 10.3 Å². The van der Waals surface area contributed by atoms with Gasteiger partial charge in [-0.05, 0) is 6.42 Å². The molecule has 0 aliphatic carbocycles. The highest BCUT2D eigenvalue weighted by atomic mass is 16.6. The first-order chi connectivity index (χ1) is 6.96. The van der Waals surface area contributed by atoms with Gasteiger partial charge in [-0.15, -0.1) is 0 Å². The van der Waals surface area contributed by atoms with Gasteiger partial charge in [0.15, 0.2) is 0 Å². The summed E-state index contributed by atoms with van der Waals surface area (Å²) in [6.45, 7) is 3.52. The smallest absolute Gasteiger partial charge is 0.272 e. The maximum atomic E-state index is 10.7. The van der Waals surface area contributed by atoms with Crippen LogP contribution in [0.2, 0.25) is 0 Å². The molecule has 0 atom stereocenters. The van der Waals surface area contributed by atoms with Gasteiger partial charge in [-0.25, -0.2) is 0 Å². The highest BCUT2D eigenvalue weighted by Crippen LogP contribution is 2.25. The van der Waals surface area contributed by atoms with Crippen molar-refractivity contribution in [2.45, 2.75) is 20.3 Å². The summed E-state index contributed by atoms with van der Waals surface area (Å²) in [7, 11) is 0. The molecule has 0 spiro atoms. The lowest BCUT2D eigenvalue weighted by atomic mass is 9.87. The fraction of sp³-hybridized carbons (Fsp3) is 0.364. The van der Waals surface area contributed by atoms with Crippen molar-refractivity contribution in [3.63, 3.8) is 0 Å². The van der Waals surface area contributed by atoms with Gasteiger partial charge < -0.3 is 4.79 Å². The number of rotatable bonds is 4. The number of carbonyl (C=O) groups excluding carboxylic acids is 1. The molecule has 0 amide bonds. The summed E-state index contributed by atoms with van der Waals surface area (Å²) in [6, 6.07) is 6.50.